The van der Waals surface area contributed by atoms with E-state index in [9.17, 15) is 0 Å². The summed E-state index contributed by atoms with van der Waals surface area (Å²) in [6.45, 7) is 7.90. The summed E-state index contributed by atoms with van der Waals surface area (Å²) in [7, 11) is 0. The maximum Gasteiger partial charge on any atom is 0.132 e. The summed E-state index contributed by atoms with van der Waals surface area (Å²) in [5.74, 6) is 0. The van der Waals surface area contributed by atoms with E-state index in [1.54, 1.807) is 10.9 Å². The largest absolute Gasteiger partial charge is 0.322 e. The van der Waals surface area contributed by atoms with E-state index in [4.69, 9.17) is 17.3 Å². The van der Waals surface area contributed by atoms with Crippen molar-refractivity contribution in [3.8, 4) is 0 Å². The zero-order chi connectivity index (χ0) is 10.2. The zero-order valence-corrected chi connectivity index (χ0v) is 9.26. The highest BCUT2D eigenvalue weighted by molar-refractivity contribution is 6.30. The van der Waals surface area contributed by atoms with Crippen molar-refractivity contribution < 1.29 is 0 Å². The minimum atomic E-state index is -0.426. The van der Waals surface area contributed by atoms with Gasteiger partial charge in [-0.2, -0.15) is 5.10 Å². The molecule has 1 aromatic rings. The lowest BCUT2D eigenvalue weighted by atomic mass is 10.00. The van der Waals surface area contributed by atoms with Crippen LogP contribution in [-0.4, -0.2) is 9.78 Å². The van der Waals surface area contributed by atoms with Crippen LogP contribution in [-0.2, 0) is 5.54 Å². The maximum atomic E-state index is 6.12. The quantitative estimate of drug-likeness (QED) is 0.798. The second kappa shape index (κ2) is 3.31. The van der Waals surface area contributed by atoms with Gasteiger partial charge in [0.15, 0.2) is 0 Å². The van der Waals surface area contributed by atoms with E-state index in [1.165, 1.54) is 0 Å². The van der Waals surface area contributed by atoms with Crippen molar-refractivity contribution in [2.45, 2.75) is 39.3 Å². The summed E-state index contributed by atoms with van der Waals surface area (Å²) in [6.07, 6.45) is 1.74. The molecule has 4 heteroatoms. The molecule has 1 rings (SSSR count). The molecule has 74 valence electrons. The van der Waals surface area contributed by atoms with Crippen LogP contribution in [0.2, 0.25) is 5.15 Å². The van der Waals surface area contributed by atoms with Crippen molar-refractivity contribution in [2.24, 2.45) is 5.73 Å². The summed E-state index contributed by atoms with van der Waals surface area (Å²) in [6, 6.07) is 0.267. The molecule has 13 heavy (non-hydrogen) atoms. The Morgan fingerprint density at radius 3 is 2.31 bits per heavy atom. The Balaban J connectivity index is 3.14. The Bertz CT molecular complexity index is 296. The fourth-order valence-corrected chi connectivity index (χ4v) is 1.67. The van der Waals surface area contributed by atoms with Crippen molar-refractivity contribution in [2.75, 3.05) is 0 Å². The van der Waals surface area contributed by atoms with Crippen LogP contribution in [0.15, 0.2) is 6.20 Å². The molecule has 0 atom stereocenters. The van der Waals surface area contributed by atoms with Gasteiger partial charge >= 0.3 is 0 Å². The van der Waals surface area contributed by atoms with Crippen LogP contribution in [0.1, 0.15) is 39.3 Å². The van der Waals surface area contributed by atoms with E-state index in [0.29, 0.717) is 5.15 Å². The Labute approximate surface area is 83.9 Å². The Kier molecular flexibility index (Phi) is 2.68. The van der Waals surface area contributed by atoms with Crippen LogP contribution in [0, 0.1) is 0 Å². The first-order valence-electron chi connectivity index (χ1n) is 4.36. The van der Waals surface area contributed by atoms with Gasteiger partial charge in [0.2, 0.25) is 0 Å². The molecule has 2 N–H and O–H groups in total. The molecule has 1 heterocycles. The molecule has 0 aliphatic carbocycles. The van der Waals surface area contributed by atoms with Crippen LogP contribution in [0.5, 0.6) is 0 Å². The van der Waals surface area contributed by atoms with Gasteiger partial charge in [0, 0.05) is 17.1 Å². The number of hydrogen-bond donors (Lipinski definition) is 1. The number of rotatable bonds is 2. The minimum absolute atomic E-state index is 0.267. The molecular weight excluding hydrogens is 186 g/mol. The van der Waals surface area contributed by atoms with Crippen molar-refractivity contribution in [1.82, 2.24) is 9.78 Å². The van der Waals surface area contributed by atoms with Gasteiger partial charge in [-0.1, -0.05) is 11.6 Å². The number of halogens is 1. The van der Waals surface area contributed by atoms with Crippen LogP contribution in [0.3, 0.4) is 0 Å². The average Bonchev–Trinajstić information content (AvgIpc) is 2.28. The molecule has 3 nitrogen and oxygen atoms in total. The number of aromatic nitrogens is 2. The van der Waals surface area contributed by atoms with Crippen molar-refractivity contribution in [3.63, 3.8) is 0 Å². The third-order valence-electron chi connectivity index (χ3n) is 1.92. The Morgan fingerprint density at radius 2 is 2.08 bits per heavy atom. The van der Waals surface area contributed by atoms with Crippen LogP contribution in [0.25, 0.3) is 0 Å². The zero-order valence-electron chi connectivity index (χ0n) is 8.50. The Morgan fingerprint density at radius 1 is 1.54 bits per heavy atom. The summed E-state index contributed by atoms with van der Waals surface area (Å²) >= 11 is 6.12. The molecule has 0 fully saturated rings. The molecule has 0 saturated carbocycles. The first kappa shape index (κ1) is 10.5. The lowest BCUT2D eigenvalue weighted by Gasteiger charge is -2.17. The Hall–Kier alpha value is -0.540. The predicted octanol–water partition coefficient (Wildman–Crippen LogP) is 2.31. The fraction of sp³-hybridized carbons (Fsp3) is 0.667. The monoisotopic (exact) mass is 201 g/mol. The van der Waals surface area contributed by atoms with Crippen molar-refractivity contribution in [3.05, 3.63) is 16.9 Å². The van der Waals surface area contributed by atoms with Crippen LogP contribution in [0.4, 0.5) is 0 Å². The first-order chi connectivity index (χ1) is 5.84. The van der Waals surface area contributed by atoms with Gasteiger partial charge in [0.05, 0.1) is 6.20 Å². The summed E-state index contributed by atoms with van der Waals surface area (Å²) < 4.78 is 1.77. The summed E-state index contributed by atoms with van der Waals surface area (Å²) in [4.78, 5) is 0. The van der Waals surface area contributed by atoms with Crippen molar-refractivity contribution in [1.29, 1.82) is 0 Å². The van der Waals surface area contributed by atoms with Gasteiger partial charge in [0.25, 0.3) is 0 Å². The van der Waals surface area contributed by atoms with E-state index in [0.717, 1.165) is 5.56 Å². The molecule has 0 aliphatic heterocycles. The SMILES string of the molecule is CC(C)n1ncc(C(C)(C)N)c1Cl. The molecule has 0 amide bonds. The molecular formula is C9H16ClN3. The third-order valence-corrected chi connectivity index (χ3v) is 2.29. The standard InChI is InChI=1S/C9H16ClN3/c1-6(2)13-8(10)7(5-12-13)9(3,4)11/h5-6H,11H2,1-4H3. The molecule has 0 radical (unpaired) electrons. The topological polar surface area (TPSA) is 43.8 Å². The maximum absolute atomic E-state index is 6.12. The first-order valence-corrected chi connectivity index (χ1v) is 4.74. The fourth-order valence-electron chi connectivity index (χ4n) is 1.14. The highest BCUT2D eigenvalue weighted by Gasteiger charge is 2.22. The normalized spacial score (nSPS) is 12.5. The van der Waals surface area contributed by atoms with Crippen LogP contribution < -0.4 is 5.73 Å². The molecule has 0 aliphatic rings. The second-order valence-electron chi connectivity index (χ2n) is 4.11. The summed E-state index contributed by atoms with van der Waals surface area (Å²) in [5, 5.41) is 4.83. The lowest BCUT2D eigenvalue weighted by Crippen LogP contribution is -2.28. The number of nitrogens with two attached hydrogens (primary N) is 1. The number of hydrogen-bond acceptors (Lipinski definition) is 2. The van der Waals surface area contributed by atoms with Gasteiger partial charge in [-0.05, 0) is 27.7 Å². The van der Waals surface area contributed by atoms with Gasteiger partial charge in [-0.3, -0.25) is 4.68 Å². The highest BCUT2D eigenvalue weighted by Crippen LogP contribution is 2.27. The molecule has 0 unspecified atom stereocenters. The molecule has 0 bridgehead atoms. The van der Waals surface area contributed by atoms with Gasteiger partial charge in [0.1, 0.15) is 5.15 Å². The smallest absolute Gasteiger partial charge is 0.132 e. The average molecular weight is 202 g/mol. The molecule has 0 spiro atoms. The predicted molar refractivity (Wildman–Crippen MR) is 54.8 cm³/mol. The van der Waals surface area contributed by atoms with E-state index >= 15 is 0 Å². The molecule has 1 aromatic heterocycles. The number of nitrogens with zero attached hydrogens (tertiary/aromatic N) is 2. The third kappa shape index (κ3) is 2.03. The lowest BCUT2D eigenvalue weighted by molar-refractivity contribution is 0.524. The van der Waals surface area contributed by atoms with Gasteiger partial charge < -0.3 is 5.73 Å². The van der Waals surface area contributed by atoms with Crippen molar-refractivity contribution >= 4 is 11.6 Å². The molecule has 0 saturated heterocycles. The minimum Gasteiger partial charge on any atom is -0.322 e. The van der Waals surface area contributed by atoms with Crippen LogP contribution >= 0.6 is 11.6 Å². The summed E-state index contributed by atoms with van der Waals surface area (Å²) in [5.41, 5.74) is 6.40. The van der Waals surface area contributed by atoms with E-state index in [-0.39, 0.29) is 6.04 Å². The van der Waals surface area contributed by atoms with E-state index in [1.807, 2.05) is 27.7 Å². The van der Waals surface area contributed by atoms with Gasteiger partial charge in [-0.25, -0.2) is 0 Å². The second-order valence-corrected chi connectivity index (χ2v) is 4.47. The molecule has 0 aromatic carbocycles. The highest BCUT2D eigenvalue weighted by atomic mass is 35.5. The van der Waals surface area contributed by atoms with E-state index < -0.39 is 5.54 Å². The van der Waals surface area contributed by atoms with E-state index in [2.05, 4.69) is 5.10 Å². The van der Waals surface area contributed by atoms with Gasteiger partial charge in [-0.15, -0.1) is 0 Å².